The van der Waals surface area contributed by atoms with Crippen LogP contribution in [0.5, 0.6) is 0 Å². The van der Waals surface area contributed by atoms with Gasteiger partial charge in [0.25, 0.3) is 5.91 Å². The lowest BCUT2D eigenvalue weighted by Gasteiger charge is -2.12. The van der Waals surface area contributed by atoms with Crippen LogP contribution in [0.25, 0.3) is 0 Å². The van der Waals surface area contributed by atoms with Crippen molar-refractivity contribution in [2.24, 2.45) is 7.05 Å². The number of rotatable bonds is 5. The monoisotopic (exact) mass is 263 g/mol. The summed E-state index contributed by atoms with van der Waals surface area (Å²) in [6.45, 7) is 0. The first-order chi connectivity index (χ1) is 9.06. The summed E-state index contributed by atoms with van der Waals surface area (Å²) in [5.74, 6) is -1.63. The zero-order valence-electron chi connectivity index (χ0n) is 10.2. The van der Waals surface area contributed by atoms with Crippen LogP contribution in [0.15, 0.2) is 24.8 Å². The van der Waals surface area contributed by atoms with Gasteiger partial charge in [0.05, 0.1) is 6.33 Å². The average molecular weight is 263 g/mol. The topological polar surface area (TPSA) is 113 Å². The number of carbonyl (C=O) groups is 2. The van der Waals surface area contributed by atoms with Gasteiger partial charge in [0, 0.05) is 31.6 Å². The highest BCUT2D eigenvalue weighted by Gasteiger charge is 2.22. The Morgan fingerprint density at radius 2 is 2.37 bits per heavy atom. The van der Waals surface area contributed by atoms with Gasteiger partial charge in [0.15, 0.2) is 0 Å². The van der Waals surface area contributed by atoms with Gasteiger partial charge in [-0.05, 0) is 6.07 Å². The van der Waals surface area contributed by atoms with Crippen molar-refractivity contribution in [2.45, 2.75) is 12.5 Å². The van der Waals surface area contributed by atoms with E-state index in [1.165, 1.54) is 23.3 Å². The minimum Gasteiger partial charge on any atom is -0.480 e. The van der Waals surface area contributed by atoms with Crippen LogP contribution in [0.1, 0.15) is 16.2 Å². The molecule has 0 aromatic carbocycles. The van der Waals surface area contributed by atoms with Crippen LogP contribution >= 0.6 is 0 Å². The van der Waals surface area contributed by atoms with Crippen molar-refractivity contribution in [1.29, 1.82) is 0 Å². The number of amides is 1. The van der Waals surface area contributed by atoms with E-state index in [1.54, 1.807) is 13.2 Å². The van der Waals surface area contributed by atoms with Crippen LogP contribution in [0.3, 0.4) is 0 Å². The third-order valence-corrected chi connectivity index (χ3v) is 2.53. The van der Waals surface area contributed by atoms with Gasteiger partial charge in [-0.15, -0.1) is 0 Å². The van der Waals surface area contributed by atoms with E-state index >= 15 is 0 Å². The maximum atomic E-state index is 11.8. The van der Waals surface area contributed by atoms with Gasteiger partial charge >= 0.3 is 5.97 Å². The number of nitrogens with zero attached hydrogens (tertiary/aromatic N) is 3. The van der Waals surface area contributed by atoms with E-state index in [0.717, 1.165) is 0 Å². The summed E-state index contributed by atoms with van der Waals surface area (Å²) in [5, 5.41) is 15.4. The lowest BCUT2D eigenvalue weighted by Crippen LogP contribution is -2.42. The van der Waals surface area contributed by atoms with Gasteiger partial charge in [-0.2, -0.15) is 5.10 Å². The molecule has 2 aromatic rings. The van der Waals surface area contributed by atoms with Crippen molar-refractivity contribution in [3.05, 3.63) is 36.2 Å². The van der Waals surface area contributed by atoms with Crippen molar-refractivity contribution in [1.82, 2.24) is 25.1 Å². The summed E-state index contributed by atoms with van der Waals surface area (Å²) in [7, 11) is 1.68. The third-order valence-electron chi connectivity index (χ3n) is 2.53. The maximum absolute atomic E-state index is 11.8. The second kappa shape index (κ2) is 5.34. The summed E-state index contributed by atoms with van der Waals surface area (Å²) in [6, 6.07) is 0.486. The molecule has 2 rings (SSSR count). The fourth-order valence-corrected chi connectivity index (χ4v) is 1.58. The Balaban J connectivity index is 2.04. The highest BCUT2D eigenvalue weighted by molar-refractivity contribution is 5.94. The molecule has 0 aliphatic heterocycles. The Labute approximate surface area is 108 Å². The molecule has 8 heteroatoms. The maximum Gasteiger partial charge on any atom is 0.326 e. The molecular weight excluding hydrogens is 250 g/mol. The van der Waals surface area contributed by atoms with Gasteiger partial charge in [-0.1, -0.05) is 0 Å². The number of aromatic nitrogens is 4. The summed E-state index contributed by atoms with van der Waals surface area (Å²) in [5.41, 5.74) is 0.812. The van der Waals surface area contributed by atoms with E-state index < -0.39 is 17.9 Å². The molecule has 0 aliphatic carbocycles. The largest absolute Gasteiger partial charge is 0.480 e. The molecule has 0 spiro atoms. The molecule has 0 aliphatic rings. The molecule has 1 amide bonds. The van der Waals surface area contributed by atoms with Crippen molar-refractivity contribution in [2.75, 3.05) is 0 Å². The minimum atomic E-state index is -1.11. The summed E-state index contributed by atoms with van der Waals surface area (Å²) in [6.07, 6.45) is 4.71. The summed E-state index contributed by atoms with van der Waals surface area (Å²) in [4.78, 5) is 29.5. The number of aliphatic carboxylic acids is 1. The number of hydrogen-bond donors (Lipinski definition) is 3. The van der Waals surface area contributed by atoms with Crippen molar-refractivity contribution < 1.29 is 14.7 Å². The normalized spacial score (nSPS) is 12.1. The fourth-order valence-electron chi connectivity index (χ4n) is 1.58. The van der Waals surface area contributed by atoms with Crippen LogP contribution in [0.4, 0.5) is 0 Å². The van der Waals surface area contributed by atoms with Gasteiger partial charge < -0.3 is 15.4 Å². The van der Waals surface area contributed by atoms with E-state index in [9.17, 15) is 9.59 Å². The molecule has 100 valence electrons. The van der Waals surface area contributed by atoms with Crippen LogP contribution < -0.4 is 5.32 Å². The first-order valence-corrected chi connectivity index (χ1v) is 5.57. The van der Waals surface area contributed by atoms with Gasteiger partial charge in [0.2, 0.25) is 0 Å². The number of carboxylic acids is 1. The van der Waals surface area contributed by atoms with Crippen molar-refractivity contribution in [3.8, 4) is 0 Å². The molecule has 0 saturated heterocycles. The molecule has 0 saturated carbocycles. The number of imidazole rings is 1. The highest BCUT2D eigenvalue weighted by Crippen LogP contribution is 2.01. The van der Waals surface area contributed by atoms with E-state index in [4.69, 9.17) is 5.11 Å². The molecule has 3 N–H and O–H groups in total. The zero-order chi connectivity index (χ0) is 13.8. The smallest absolute Gasteiger partial charge is 0.326 e. The Hall–Kier alpha value is -2.64. The molecule has 0 fully saturated rings. The molecule has 19 heavy (non-hydrogen) atoms. The number of hydrogen-bond acceptors (Lipinski definition) is 4. The standard InChI is InChI=1S/C11H13N5O3/c1-16-3-2-8(15-16)10(17)14-9(11(18)19)4-7-5-12-6-13-7/h2-3,5-6,9H,4H2,1H3,(H,12,13)(H,14,17)(H,18,19)/t9-/m0/s1. The van der Waals surface area contributed by atoms with Gasteiger partial charge in [-0.25, -0.2) is 9.78 Å². The fraction of sp³-hybridized carbons (Fsp3) is 0.273. The SMILES string of the molecule is Cn1ccc(C(=O)N[C@@H](Cc2cnc[nH]2)C(=O)O)n1. The molecule has 0 radical (unpaired) electrons. The van der Waals surface area contributed by atoms with Crippen LogP contribution in [-0.2, 0) is 18.3 Å². The van der Waals surface area contributed by atoms with Gasteiger partial charge in [-0.3, -0.25) is 9.48 Å². The molecule has 2 heterocycles. The third kappa shape index (κ3) is 3.18. The minimum absolute atomic E-state index is 0.133. The van der Waals surface area contributed by atoms with Crippen molar-refractivity contribution in [3.63, 3.8) is 0 Å². The summed E-state index contributed by atoms with van der Waals surface area (Å²) < 4.78 is 1.47. The summed E-state index contributed by atoms with van der Waals surface area (Å²) >= 11 is 0. The Morgan fingerprint density at radius 1 is 1.58 bits per heavy atom. The van der Waals surface area contributed by atoms with Crippen LogP contribution in [-0.4, -0.2) is 42.8 Å². The first kappa shape index (κ1) is 12.8. The number of aryl methyl sites for hydroxylation is 1. The number of aromatic amines is 1. The van der Waals surface area contributed by atoms with E-state index in [0.29, 0.717) is 5.69 Å². The Bertz CT molecular complexity index is 575. The Kier molecular flexibility index (Phi) is 3.60. The quantitative estimate of drug-likeness (QED) is 0.677. The van der Waals surface area contributed by atoms with Gasteiger partial charge in [0.1, 0.15) is 11.7 Å². The molecule has 2 aromatic heterocycles. The number of carboxylic acid groups (broad SMARTS) is 1. The van der Waals surface area contributed by atoms with Crippen LogP contribution in [0, 0.1) is 0 Å². The second-order valence-corrected chi connectivity index (χ2v) is 4.02. The van der Waals surface area contributed by atoms with E-state index in [1.807, 2.05) is 0 Å². The van der Waals surface area contributed by atoms with E-state index in [-0.39, 0.29) is 12.1 Å². The predicted octanol–water partition coefficient (Wildman–Crippen LogP) is -0.431. The van der Waals surface area contributed by atoms with Crippen LogP contribution in [0.2, 0.25) is 0 Å². The molecular formula is C11H13N5O3. The number of H-pyrrole nitrogens is 1. The van der Waals surface area contributed by atoms with E-state index in [2.05, 4.69) is 20.4 Å². The number of nitrogens with one attached hydrogen (secondary N) is 2. The second-order valence-electron chi connectivity index (χ2n) is 4.02. The highest BCUT2D eigenvalue weighted by atomic mass is 16.4. The lowest BCUT2D eigenvalue weighted by atomic mass is 10.1. The molecule has 8 nitrogen and oxygen atoms in total. The number of carbonyl (C=O) groups excluding carboxylic acids is 1. The molecule has 0 bridgehead atoms. The van der Waals surface area contributed by atoms with Crippen molar-refractivity contribution >= 4 is 11.9 Å². The molecule has 1 atom stereocenters. The predicted molar refractivity (Wildman–Crippen MR) is 64.4 cm³/mol. The Morgan fingerprint density at radius 3 is 2.89 bits per heavy atom. The molecule has 0 unspecified atom stereocenters. The lowest BCUT2D eigenvalue weighted by molar-refractivity contribution is -0.139. The zero-order valence-corrected chi connectivity index (χ0v) is 10.2. The average Bonchev–Trinajstić information content (AvgIpc) is 2.99. The first-order valence-electron chi connectivity index (χ1n) is 5.57.